The Hall–Kier alpha value is -2.85. The van der Waals surface area contributed by atoms with Gasteiger partial charge >= 0.3 is 0 Å². The number of hydrogen-bond donors (Lipinski definition) is 1. The molecule has 124 valence electrons. The maximum atomic E-state index is 14.1. The van der Waals surface area contributed by atoms with E-state index < -0.39 is 6.17 Å². The van der Waals surface area contributed by atoms with E-state index in [0.717, 1.165) is 5.56 Å². The number of fused-ring (bicyclic) bond motifs is 1. The van der Waals surface area contributed by atoms with Crippen LogP contribution in [-0.4, -0.2) is 5.91 Å². The van der Waals surface area contributed by atoms with E-state index in [9.17, 15) is 9.18 Å². The second kappa shape index (κ2) is 6.22. The quantitative estimate of drug-likeness (QED) is 0.698. The first-order chi connectivity index (χ1) is 12.1. The maximum Gasteiger partial charge on any atom is 0.260 e. The van der Waals surface area contributed by atoms with Gasteiger partial charge in [-0.15, -0.1) is 0 Å². The van der Waals surface area contributed by atoms with Crippen molar-refractivity contribution in [1.82, 2.24) is 0 Å². The van der Waals surface area contributed by atoms with E-state index in [0.29, 0.717) is 22.0 Å². The number of halogens is 2. The van der Waals surface area contributed by atoms with Gasteiger partial charge in [0.15, 0.2) is 0 Å². The minimum Gasteiger partial charge on any atom is -0.359 e. The molecule has 0 saturated heterocycles. The zero-order valence-electron chi connectivity index (χ0n) is 13.1. The molecule has 0 saturated carbocycles. The number of hydrogen-bond acceptors (Lipinski definition) is 2. The summed E-state index contributed by atoms with van der Waals surface area (Å²) in [5.41, 5.74) is 2.45. The monoisotopic (exact) mass is 352 g/mol. The Morgan fingerprint density at radius 1 is 0.920 bits per heavy atom. The number of amides is 1. The number of rotatable bonds is 3. The van der Waals surface area contributed by atoms with Crippen molar-refractivity contribution in [3.05, 3.63) is 94.8 Å². The van der Waals surface area contributed by atoms with Gasteiger partial charge in [-0.3, -0.25) is 9.69 Å². The van der Waals surface area contributed by atoms with Crippen LogP contribution in [0, 0.1) is 5.82 Å². The normalized spacial score (nSPS) is 16.0. The molecular weight excluding hydrogens is 339 g/mol. The van der Waals surface area contributed by atoms with E-state index in [-0.39, 0.29) is 11.7 Å². The van der Waals surface area contributed by atoms with Crippen LogP contribution < -0.4 is 10.2 Å². The molecule has 1 N–H and O–H groups in total. The summed E-state index contributed by atoms with van der Waals surface area (Å²) in [6.07, 6.45) is -0.498. The summed E-state index contributed by atoms with van der Waals surface area (Å²) >= 11 is 5.96. The molecule has 0 radical (unpaired) electrons. The van der Waals surface area contributed by atoms with E-state index in [1.165, 1.54) is 6.07 Å². The Bertz CT molecular complexity index is 942. The van der Waals surface area contributed by atoms with Crippen molar-refractivity contribution in [1.29, 1.82) is 0 Å². The summed E-state index contributed by atoms with van der Waals surface area (Å²) in [6.45, 7) is 0. The fourth-order valence-corrected chi connectivity index (χ4v) is 3.18. The van der Waals surface area contributed by atoms with Crippen LogP contribution in [0.3, 0.4) is 0 Å². The molecule has 3 aromatic rings. The van der Waals surface area contributed by atoms with Gasteiger partial charge in [0.1, 0.15) is 12.0 Å². The highest BCUT2D eigenvalue weighted by molar-refractivity contribution is 6.30. The lowest BCUT2D eigenvalue weighted by Crippen LogP contribution is -2.32. The number of anilines is 2. The van der Waals surface area contributed by atoms with Crippen LogP contribution in [0.1, 0.15) is 22.1 Å². The number of carbonyl (C=O) groups excluding carboxylic acids is 1. The van der Waals surface area contributed by atoms with Gasteiger partial charge in [-0.05, 0) is 42.5 Å². The van der Waals surface area contributed by atoms with Crippen molar-refractivity contribution < 1.29 is 9.18 Å². The predicted molar refractivity (Wildman–Crippen MR) is 97.5 cm³/mol. The van der Waals surface area contributed by atoms with Crippen molar-refractivity contribution in [3.8, 4) is 0 Å². The molecule has 1 aliphatic heterocycles. The summed E-state index contributed by atoms with van der Waals surface area (Å²) in [6, 6.07) is 20.8. The molecule has 1 amide bonds. The van der Waals surface area contributed by atoms with Crippen molar-refractivity contribution in [3.63, 3.8) is 0 Å². The average Bonchev–Trinajstić information content (AvgIpc) is 2.90. The number of benzene rings is 3. The Balaban J connectivity index is 1.80. The minimum atomic E-state index is -0.498. The van der Waals surface area contributed by atoms with Crippen LogP contribution in [0.15, 0.2) is 72.8 Å². The lowest BCUT2D eigenvalue weighted by atomic mass is 10.1. The number of para-hydroxylation sites is 1. The predicted octanol–water partition coefficient (Wildman–Crippen LogP) is 5.25. The summed E-state index contributed by atoms with van der Waals surface area (Å²) in [7, 11) is 0. The number of nitrogens with one attached hydrogen (secondary N) is 1. The topological polar surface area (TPSA) is 32.3 Å². The average molecular weight is 353 g/mol. The van der Waals surface area contributed by atoms with Gasteiger partial charge in [0.25, 0.3) is 5.91 Å². The van der Waals surface area contributed by atoms with Crippen LogP contribution in [-0.2, 0) is 0 Å². The Morgan fingerprint density at radius 2 is 1.60 bits per heavy atom. The Labute approximate surface area is 149 Å². The molecule has 0 aliphatic carbocycles. The van der Waals surface area contributed by atoms with E-state index in [4.69, 9.17) is 11.6 Å². The van der Waals surface area contributed by atoms with E-state index in [1.807, 2.05) is 18.2 Å². The second-order valence-electron chi connectivity index (χ2n) is 5.77. The van der Waals surface area contributed by atoms with E-state index >= 15 is 0 Å². The van der Waals surface area contributed by atoms with Crippen LogP contribution in [0.5, 0.6) is 0 Å². The van der Waals surface area contributed by atoms with Gasteiger partial charge in [-0.25, -0.2) is 4.39 Å². The summed E-state index contributed by atoms with van der Waals surface area (Å²) in [5.74, 6) is -0.498. The van der Waals surface area contributed by atoms with Gasteiger partial charge < -0.3 is 5.32 Å². The summed E-state index contributed by atoms with van der Waals surface area (Å²) < 4.78 is 14.1. The third-order valence-electron chi connectivity index (χ3n) is 4.23. The molecule has 5 heteroatoms. The standard InChI is InChI=1S/C20H14ClFN2O/c21-13-9-11-14(12-10-13)24-19(23-18-8-4-3-7-17(18)22)15-5-1-2-6-16(15)20(24)25/h1-12,19,23H. The van der Waals surface area contributed by atoms with Gasteiger partial charge in [-0.1, -0.05) is 41.9 Å². The molecule has 1 unspecified atom stereocenters. The zero-order chi connectivity index (χ0) is 17.4. The Kier molecular flexibility index (Phi) is 3.90. The largest absolute Gasteiger partial charge is 0.359 e. The third kappa shape index (κ3) is 2.75. The highest BCUT2D eigenvalue weighted by Gasteiger charge is 2.37. The second-order valence-corrected chi connectivity index (χ2v) is 6.20. The lowest BCUT2D eigenvalue weighted by molar-refractivity contribution is 0.0993. The number of nitrogens with zero attached hydrogens (tertiary/aromatic N) is 1. The molecule has 4 rings (SSSR count). The maximum absolute atomic E-state index is 14.1. The third-order valence-corrected chi connectivity index (χ3v) is 4.49. The zero-order valence-corrected chi connectivity index (χ0v) is 13.9. The van der Waals surface area contributed by atoms with Crippen LogP contribution >= 0.6 is 11.6 Å². The SMILES string of the molecule is O=C1c2ccccc2C(Nc2ccccc2F)N1c1ccc(Cl)cc1. The van der Waals surface area contributed by atoms with Crippen molar-refractivity contribution >= 4 is 28.9 Å². The Morgan fingerprint density at radius 3 is 2.36 bits per heavy atom. The highest BCUT2D eigenvalue weighted by Crippen LogP contribution is 2.38. The molecule has 0 bridgehead atoms. The summed E-state index contributed by atoms with van der Waals surface area (Å²) in [5, 5.41) is 3.75. The summed E-state index contributed by atoms with van der Waals surface area (Å²) in [4.78, 5) is 14.5. The lowest BCUT2D eigenvalue weighted by Gasteiger charge is -2.27. The van der Waals surface area contributed by atoms with Gasteiger partial charge in [-0.2, -0.15) is 0 Å². The molecule has 0 aromatic heterocycles. The van der Waals surface area contributed by atoms with Gasteiger partial charge in [0.05, 0.1) is 5.69 Å². The van der Waals surface area contributed by atoms with E-state index in [1.54, 1.807) is 53.4 Å². The molecule has 0 fully saturated rings. The molecule has 3 aromatic carbocycles. The minimum absolute atomic E-state index is 0.133. The van der Waals surface area contributed by atoms with Gasteiger partial charge in [0, 0.05) is 21.8 Å². The van der Waals surface area contributed by atoms with Crippen LogP contribution in [0.4, 0.5) is 15.8 Å². The van der Waals surface area contributed by atoms with Crippen molar-refractivity contribution in [2.24, 2.45) is 0 Å². The molecule has 25 heavy (non-hydrogen) atoms. The van der Waals surface area contributed by atoms with Gasteiger partial charge in [0.2, 0.25) is 0 Å². The first-order valence-electron chi connectivity index (χ1n) is 7.84. The van der Waals surface area contributed by atoms with Crippen molar-refractivity contribution in [2.45, 2.75) is 6.17 Å². The van der Waals surface area contributed by atoms with Crippen LogP contribution in [0.2, 0.25) is 5.02 Å². The molecule has 0 spiro atoms. The molecule has 3 nitrogen and oxygen atoms in total. The number of carbonyl (C=O) groups is 1. The molecular formula is C20H14ClFN2O. The fraction of sp³-hybridized carbons (Fsp3) is 0.0500. The van der Waals surface area contributed by atoms with Crippen molar-refractivity contribution in [2.75, 3.05) is 10.2 Å². The molecule has 1 heterocycles. The first kappa shape index (κ1) is 15.7. The van der Waals surface area contributed by atoms with E-state index in [2.05, 4.69) is 5.32 Å². The van der Waals surface area contributed by atoms with Crippen LogP contribution in [0.25, 0.3) is 0 Å². The smallest absolute Gasteiger partial charge is 0.260 e. The molecule has 1 aliphatic rings. The molecule has 1 atom stereocenters. The highest BCUT2D eigenvalue weighted by atomic mass is 35.5. The first-order valence-corrected chi connectivity index (χ1v) is 8.22. The fourth-order valence-electron chi connectivity index (χ4n) is 3.05.